The van der Waals surface area contributed by atoms with Crippen LogP contribution >= 0.6 is 0 Å². The number of benzene rings is 2. The number of amides is 1. The summed E-state index contributed by atoms with van der Waals surface area (Å²) in [5, 5.41) is 2.73. The smallest absolute Gasteiger partial charge is 0.249 e. The first kappa shape index (κ1) is 18.4. The van der Waals surface area contributed by atoms with Crippen LogP contribution in [0, 0.1) is 12.7 Å². The van der Waals surface area contributed by atoms with Gasteiger partial charge in [-0.25, -0.2) is 4.39 Å². The average Bonchev–Trinajstić information content (AvgIpc) is 2.98. The monoisotopic (exact) mass is 395 g/mol. The third-order valence-electron chi connectivity index (χ3n) is 7.13. The fourth-order valence-electron chi connectivity index (χ4n) is 5.11. The number of hydrogen-bond acceptors (Lipinski definition) is 1. The Bertz CT molecular complexity index is 1070. The SMILES string of the molecule is CC1=Cc2c(-c3c(C(N)=O)cc4c(C)c3[Si](C)(C)[Si]4(C)C)ccc(F)c2C1. The Morgan fingerprint density at radius 1 is 1.11 bits per heavy atom. The lowest BCUT2D eigenvalue weighted by molar-refractivity contribution is 0.100. The Hall–Kier alpha value is -1.99. The van der Waals surface area contributed by atoms with Crippen molar-refractivity contribution in [3.05, 3.63) is 51.8 Å². The molecule has 0 fully saturated rings. The van der Waals surface area contributed by atoms with Crippen LogP contribution in [-0.2, 0) is 6.42 Å². The molecule has 2 N–H and O–H groups in total. The number of halogens is 1. The molecule has 0 radical (unpaired) electrons. The number of carbonyl (C=O) groups is 1. The number of fused-ring (bicyclic) bond motifs is 3. The van der Waals surface area contributed by atoms with Crippen molar-refractivity contribution in [1.29, 1.82) is 0 Å². The van der Waals surface area contributed by atoms with E-state index in [1.54, 1.807) is 6.07 Å². The van der Waals surface area contributed by atoms with E-state index in [4.69, 9.17) is 5.73 Å². The molecule has 0 saturated heterocycles. The molecule has 0 spiro atoms. The van der Waals surface area contributed by atoms with E-state index in [0.29, 0.717) is 12.0 Å². The first-order valence-corrected chi connectivity index (χ1v) is 16.5. The molecule has 27 heavy (non-hydrogen) atoms. The molecule has 1 heterocycles. The van der Waals surface area contributed by atoms with Crippen molar-refractivity contribution in [1.82, 2.24) is 0 Å². The van der Waals surface area contributed by atoms with Crippen molar-refractivity contribution in [3.63, 3.8) is 0 Å². The number of nitrogens with two attached hydrogens (primary N) is 1. The normalized spacial score (nSPS) is 18.4. The molecule has 5 heteroatoms. The molecular formula is C22H26FNOSi2. The highest BCUT2D eigenvalue weighted by atomic mass is 29.3. The van der Waals surface area contributed by atoms with E-state index in [9.17, 15) is 9.18 Å². The predicted molar refractivity (Wildman–Crippen MR) is 117 cm³/mol. The number of allylic oxidation sites excluding steroid dienone is 1. The molecule has 0 aromatic heterocycles. The van der Waals surface area contributed by atoms with Crippen LogP contribution in [0.4, 0.5) is 4.39 Å². The van der Waals surface area contributed by atoms with Crippen LogP contribution in [0.15, 0.2) is 23.8 Å². The summed E-state index contributed by atoms with van der Waals surface area (Å²) in [5.74, 6) is -0.556. The maximum absolute atomic E-state index is 14.5. The molecule has 2 bridgehead atoms. The first-order valence-electron chi connectivity index (χ1n) is 9.45. The summed E-state index contributed by atoms with van der Waals surface area (Å²) >= 11 is 0. The van der Waals surface area contributed by atoms with Crippen molar-refractivity contribution < 1.29 is 9.18 Å². The third-order valence-corrected chi connectivity index (χ3v) is 24.9. The van der Waals surface area contributed by atoms with Crippen molar-refractivity contribution in [3.8, 4) is 11.1 Å². The molecule has 1 aliphatic carbocycles. The van der Waals surface area contributed by atoms with Crippen LogP contribution in [0.2, 0.25) is 26.2 Å². The predicted octanol–water partition coefficient (Wildman–Crippen LogP) is 3.78. The molecule has 2 aromatic rings. The zero-order valence-electron chi connectivity index (χ0n) is 16.9. The Kier molecular flexibility index (Phi) is 3.76. The fraction of sp³-hybridized carbons (Fsp3) is 0.318. The van der Waals surface area contributed by atoms with E-state index in [-0.39, 0.29) is 11.7 Å². The number of rotatable bonds is 2. The molecule has 140 valence electrons. The van der Waals surface area contributed by atoms with Crippen molar-refractivity contribution in [2.75, 3.05) is 0 Å². The van der Waals surface area contributed by atoms with Gasteiger partial charge in [-0.05, 0) is 54.7 Å². The first-order chi connectivity index (χ1) is 12.5. The van der Waals surface area contributed by atoms with Gasteiger partial charge in [0.1, 0.15) is 5.82 Å². The second-order valence-electron chi connectivity index (χ2n) is 9.12. The molecule has 2 nitrogen and oxygen atoms in total. The van der Waals surface area contributed by atoms with Gasteiger partial charge in [-0.15, -0.1) is 0 Å². The Labute approximate surface area is 162 Å². The number of hydrogen-bond donors (Lipinski definition) is 1. The summed E-state index contributed by atoms with van der Waals surface area (Å²) < 4.78 is 14.5. The summed E-state index contributed by atoms with van der Waals surface area (Å²) in [4.78, 5) is 12.5. The van der Waals surface area contributed by atoms with Crippen LogP contribution in [0.5, 0.6) is 0 Å². The highest BCUT2D eigenvalue weighted by molar-refractivity contribution is 7.52. The fourth-order valence-corrected chi connectivity index (χ4v) is 15.7. The van der Waals surface area contributed by atoms with Gasteiger partial charge in [0.05, 0.1) is 15.2 Å². The molecule has 0 unspecified atom stereocenters. The van der Waals surface area contributed by atoms with E-state index in [1.165, 1.54) is 15.9 Å². The zero-order valence-corrected chi connectivity index (χ0v) is 18.9. The van der Waals surface area contributed by atoms with Gasteiger partial charge in [-0.1, -0.05) is 59.8 Å². The highest BCUT2D eigenvalue weighted by Crippen LogP contribution is 2.40. The Morgan fingerprint density at radius 3 is 2.41 bits per heavy atom. The standard InChI is InChI=1S/C22H26FNOSi2/c1-12-9-15-14(7-8-18(23)16(15)10-12)20-17(22(24)25)11-19-13(2)21(20)27(5,6)26(19,3)4/h7-9,11H,10H2,1-6H3,(H2,24,25). The maximum Gasteiger partial charge on any atom is 0.249 e. The van der Waals surface area contributed by atoms with Crippen molar-refractivity contribution in [2.45, 2.75) is 46.5 Å². The van der Waals surface area contributed by atoms with Crippen LogP contribution < -0.4 is 16.1 Å². The molecule has 2 aliphatic rings. The van der Waals surface area contributed by atoms with Gasteiger partial charge in [0.25, 0.3) is 0 Å². The molecule has 0 saturated carbocycles. The van der Waals surface area contributed by atoms with Crippen LogP contribution in [-0.4, -0.2) is 21.1 Å². The van der Waals surface area contributed by atoms with E-state index >= 15 is 0 Å². The third kappa shape index (κ3) is 2.24. The van der Waals surface area contributed by atoms with Crippen molar-refractivity contribution >= 4 is 37.5 Å². The topological polar surface area (TPSA) is 43.1 Å². The van der Waals surface area contributed by atoms with Gasteiger partial charge in [0.2, 0.25) is 5.91 Å². The number of primary amides is 1. The van der Waals surface area contributed by atoms with Gasteiger partial charge in [-0.3, -0.25) is 4.79 Å². The lowest BCUT2D eigenvalue weighted by Gasteiger charge is -2.33. The second-order valence-corrected chi connectivity index (χ2v) is 24.2. The van der Waals surface area contributed by atoms with Crippen LogP contribution in [0.1, 0.15) is 34.0 Å². The Balaban J connectivity index is 2.15. The molecule has 4 rings (SSSR count). The van der Waals surface area contributed by atoms with E-state index in [0.717, 1.165) is 27.8 Å². The lowest BCUT2D eigenvalue weighted by atomic mass is 9.91. The zero-order chi connectivity index (χ0) is 19.9. The molecular weight excluding hydrogens is 369 g/mol. The van der Waals surface area contributed by atoms with E-state index in [1.807, 2.05) is 13.0 Å². The second kappa shape index (κ2) is 5.52. The largest absolute Gasteiger partial charge is 0.366 e. The van der Waals surface area contributed by atoms with Gasteiger partial charge in [0, 0.05) is 5.56 Å². The van der Waals surface area contributed by atoms with Crippen LogP contribution in [0.3, 0.4) is 0 Å². The summed E-state index contributed by atoms with van der Waals surface area (Å²) in [6, 6.07) is 5.46. The van der Waals surface area contributed by atoms with E-state index in [2.05, 4.69) is 45.3 Å². The quantitative estimate of drug-likeness (QED) is 0.773. The summed E-state index contributed by atoms with van der Waals surface area (Å²) in [7, 11) is -3.47. The lowest BCUT2D eigenvalue weighted by Crippen LogP contribution is -2.63. The van der Waals surface area contributed by atoms with E-state index < -0.39 is 15.2 Å². The number of carbonyl (C=O) groups excluding carboxylic acids is 1. The Morgan fingerprint density at radius 2 is 1.78 bits per heavy atom. The van der Waals surface area contributed by atoms with Gasteiger partial charge >= 0.3 is 0 Å². The summed E-state index contributed by atoms with van der Waals surface area (Å²) in [5.41, 5.74) is 12.5. The minimum atomic E-state index is -1.79. The van der Waals surface area contributed by atoms with Crippen LogP contribution in [0.25, 0.3) is 17.2 Å². The molecule has 1 aliphatic heterocycles. The highest BCUT2D eigenvalue weighted by Gasteiger charge is 2.53. The minimum absolute atomic E-state index is 0.168. The molecule has 2 aromatic carbocycles. The average molecular weight is 396 g/mol. The summed E-state index contributed by atoms with van der Waals surface area (Å²) in [6.45, 7) is 13.9. The minimum Gasteiger partial charge on any atom is -0.366 e. The van der Waals surface area contributed by atoms with Crippen molar-refractivity contribution in [2.24, 2.45) is 5.73 Å². The van der Waals surface area contributed by atoms with Gasteiger partial charge in [0.15, 0.2) is 0 Å². The summed E-state index contributed by atoms with van der Waals surface area (Å²) in [6.07, 6.45) is 2.70. The maximum atomic E-state index is 14.5. The van der Waals surface area contributed by atoms with Gasteiger partial charge < -0.3 is 5.73 Å². The van der Waals surface area contributed by atoms with Gasteiger partial charge in [-0.2, -0.15) is 0 Å². The molecule has 1 amide bonds. The molecule has 0 atom stereocenters.